The molecule has 0 spiro atoms. The average molecular weight is 334 g/mol. The van der Waals surface area contributed by atoms with Crippen LogP contribution in [0, 0.1) is 0 Å². The molecule has 0 aliphatic carbocycles. The Bertz CT molecular complexity index is 598. The molecule has 24 heavy (non-hydrogen) atoms. The predicted molar refractivity (Wildman–Crippen MR) is 89.7 cm³/mol. The number of amides is 2. The molecular formula is C17H22N2O5. The summed E-state index contributed by atoms with van der Waals surface area (Å²) in [6, 6.07) is 6.52. The summed E-state index contributed by atoms with van der Waals surface area (Å²) >= 11 is 0. The third-order valence-electron chi connectivity index (χ3n) is 2.86. The zero-order valence-electron chi connectivity index (χ0n) is 13.8. The molecule has 0 radical (unpaired) electrons. The number of hydrogen-bond acceptors (Lipinski definition) is 5. The molecule has 0 fully saturated rings. The molecule has 0 aliphatic heterocycles. The average Bonchev–Trinajstić information content (AvgIpc) is 2.57. The molecule has 7 heteroatoms. The van der Waals surface area contributed by atoms with Gasteiger partial charge in [-0.2, -0.15) is 0 Å². The molecule has 1 aromatic rings. The maximum Gasteiger partial charge on any atom is 0.330 e. The van der Waals surface area contributed by atoms with E-state index in [0.717, 1.165) is 18.6 Å². The van der Waals surface area contributed by atoms with E-state index in [4.69, 9.17) is 4.74 Å². The molecule has 0 bridgehead atoms. The number of carbonyl (C=O) groups excluding carboxylic acids is 3. The number of carbonyl (C=O) groups is 3. The maximum absolute atomic E-state index is 12.0. The van der Waals surface area contributed by atoms with Gasteiger partial charge in [0, 0.05) is 43.7 Å². The minimum absolute atomic E-state index is 0.232. The van der Waals surface area contributed by atoms with Gasteiger partial charge >= 0.3 is 5.97 Å². The summed E-state index contributed by atoms with van der Waals surface area (Å²) in [5.74, 6) is -1.30. The molecule has 0 saturated carbocycles. The highest BCUT2D eigenvalue weighted by Gasteiger charge is 2.07. The summed E-state index contributed by atoms with van der Waals surface area (Å²) in [7, 11) is 1.60. The van der Waals surface area contributed by atoms with Crippen molar-refractivity contribution in [2.45, 2.75) is 13.3 Å². The van der Waals surface area contributed by atoms with Crippen molar-refractivity contribution in [2.75, 3.05) is 32.2 Å². The number of ether oxygens (including phenoxy) is 2. The lowest BCUT2D eigenvalue weighted by atomic mass is 10.2. The lowest BCUT2D eigenvalue weighted by molar-refractivity contribution is -0.137. The molecular weight excluding hydrogens is 312 g/mol. The predicted octanol–water partition coefficient (Wildman–Crippen LogP) is 1.51. The van der Waals surface area contributed by atoms with Gasteiger partial charge in [0.1, 0.15) is 0 Å². The van der Waals surface area contributed by atoms with Crippen LogP contribution in [0.1, 0.15) is 23.7 Å². The number of hydrogen-bond donors (Lipinski definition) is 2. The van der Waals surface area contributed by atoms with E-state index in [-0.39, 0.29) is 12.5 Å². The van der Waals surface area contributed by atoms with Crippen LogP contribution >= 0.6 is 0 Å². The third kappa shape index (κ3) is 7.55. The summed E-state index contributed by atoms with van der Waals surface area (Å²) < 4.78 is 9.59. The summed E-state index contributed by atoms with van der Waals surface area (Å²) in [5.41, 5.74) is 0.887. The van der Waals surface area contributed by atoms with Crippen molar-refractivity contribution in [3.8, 4) is 0 Å². The number of esters is 1. The van der Waals surface area contributed by atoms with Gasteiger partial charge in [0.15, 0.2) is 0 Å². The highest BCUT2D eigenvalue weighted by Crippen LogP contribution is 2.10. The molecule has 0 atom stereocenters. The van der Waals surface area contributed by atoms with Crippen molar-refractivity contribution >= 4 is 23.5 Å². The summed E-state index contributed by atoms with van der Waals surface area (Å²) in [6.07, 6.45) is 2.85. The first-order chi connectivity index (χ1) is 11.6. The van der Waals surface area contributed by atoms with Gasteiger partial charge in [-0.1, -0.05) is 6.07 Å². The van der Waals surface area contributed by atoms with Crippen LogP contribution in [0.2, 0.25) is 0 Å². The molecule has 2 N–H and O–H groups in total. The molecule has 0 aliphatic rings. The van der Waals surface area contributed by atoms with Crippen LogP contribution in [0.4, 0.5) is 5.69 Å². The lowest BCUT2D eigenvalue weighted by Gasteiger charge is -2.07. The Morgan fingerprint density at radius 2 is 2.00 bits per heavy atom. The monoisotopic (exact) mass is 334 g/mol. The Kier molecular flexibility index (Phi) is 8.85. The van der Waals surface area contributed by atoms with E-state index in [2.05, 4.69) is 15.4 Å². The van der Waals surface area contributed by atoms with Crippen LogP contribution in [0.15, 0.2) is 36.4 Å². The molecule has 0 unspecified atom stereocenters. The maximum atomic E-state index is 12.0. The molecule has 0 heterocycles. The number of benzene rings is 1. The fourth-order valence-corrected chi connectivity index (χ4v) is 1.78. The van der Waals surface area contributed by atoms with Gasteiger partial charge in [-0.05, 0) is 31.5 Å². The van der Waals surface area contributed by atoms with Gasteiger partial charge < -0.3 is 20.1 Å². The summed E-state index contributed by atoms with van der Waals surface area (Å²) in [6.45, 7) is 3.00. The van der Waals surface area contributed by atoms with E-state index in [1.54, 1.807) is 38.3 Å². The molecule has 0 saturated heterocycles. The largest absolute Gasteiger partial charge is 0.463 e. The minimum Gasteiger partial charge on any atom is -0.463 e. The van der Waals surface area contributed by atoms with Crippen molar-refractivity contribution < 1.29 is 23.9 Å². The molecule has 1 aromatic carbocycles. The Morgan fingerprint density at radius 3 is 2.71 bits per heavy atom. The first kappa shape index (κ1) is 19.4. The van der Waals surface area contributed by atoms with Gasteiger partial charge in [-0.15, -0.1) is 0 Å². The van der Waals surface area contributed by atoms with Gasteiger partial charge in [0.05, 0.1) is 6.61 Å². The van der Waals surface area contributed by atoms with E-state index < -0.39 is 11.9 Å². The standard InChI is InChI=1S/C17H22N2O5/c1-3-24-16(21)9-8-15(20)19-14-7-4-6-13(12-14)17(22)18-10-5-11-23-2/h4,6-9,12H,3,5,10-11H2,1-2H3,(H,18,22)(H,19,20)/b9-8+. The fraction of sp³-hybridized carbons (Fsp3) is 0.353. The summed E-state index contributed by atoms with van der Waals surface area (Å²) in [5, 5.41) is 5.34. The Balaban J connectivity index is 2.57. The van der Waals surface area contributed by atoms with Crippen LogP contribution in [0.25, 0.3) is 0 Å². The Labute approximate surface area is 141 Å². The van der Waals surface area contributed by atoms with Crippen molar-refractivity contribution in [3.05, 3.63) is 42.0 Å². The first-order valence-electron chi connectivity index (χ1n) is 7.59. The van der Waals surface area contributed by atoms with E-state index in [9.17, 15) is 14.4 Å². The second-order valence-electron chi connectivity index (χ2n) is 4.76. The zero-order chi connectivity index (χ0) is 17.8. The first-order valence-corrected chi connectivity index (χ1v) is 7.59. The van der Waals surface area contributed by atoms with E-state index in [1.807, 2.05) is 0 Å². The number of nitrogens with one attached hydrogen (secondary N) is 2. The summed E-state index contributed by atoms with van der Waals surface area (Å²) in [4.78, 5) is 34.9. The number of anilines is 1. The molecule has 130 valence electrons. The van der Waals surface area contributed by atoms with Crippen LogP contribution in [0.3, 0.4) is 0 Å². The Hall–Kier alpha value is -2.67. The van der Waals surface area contributed by atoms with E-state index in [0.29, 0.717) is 24.4 Å². The van der Waals surface area contributed by atoms with Crippen LogP contribution < -0.4 is 10.6 Å². The lowest BCUT2D eigenvalue weighted by Crippen LogP contribution is -2.25. The minimum atomic E-state index is -0.586. The van der Waals surface area contributed by atoms with Gasteiger partial charge in [-0.3, -0.25) is 9.59 Å². The van der Waals surface area contributed by atoms with Crippen LogP contribution in [-0.2, 0) is 19.1 Å². The second-order valence-corrected chi connectivity index (χ2v) is 4.76. The van der Waals surface area contributed by atoms with Crippen molar-refractivity contribution in [1.29, 1.82) is 0 Å². The molecule has 1 rings (SSSR count). The van der Waals surface area contributed by atoms with E-state index in [1.165, 1.54) is 0 Å². The van der Waals surface area contributed by atoms with Crippen LogP contribution in [-0.4, -0.2) is 44.7 Å². The number of methoxy groups -OCH3 is 1. The smallest absolute Gasteiger partial charge is 0.330 e. The third-order valence-corrected chi connectivity index (χ3v) is 2.86. The molecule has 7 nitrogen and oxygen atoms in total. The second kappa shape index (κ2) is 11.0. The fourth-order valence-electron chi connectivity index (χ4n) is 1.78. The molecule has 0 aromatic heterocycles. The Morgan fingerprint density at radius 1 is 1.21 bits per heavy atom. The van der Waals surface area contributed by atoms with Gasteiger partial charge in [0.25, 0.3) is 5.91 Å². The van der Waals surface area contributed by atoms with Crippen molar-refractivity contribution in [1.82, 2.24) is 5.32 Å². The van der Waals surface area contributed by atoms with Gasteiger partial charge in [-0.25, -0.2) is 4.79 Å². The quantitative estimate of drug-likeness (QED) is 0.406. The van der Waals surface area contributed by atoms with Crippen molar-refractivity contribution in [2.24, 2.45) is 0 Å². The van der Waals surface area contributed by atoms with E-state index >= 15 is 0 Å². The number of rotatable bonds is 9. The highest BCUT2D eigenvalue weighted by atomic mass is 16.5. The van der Waals surface area contributed by atoms with Gasteiger partial charge in [0.2, 0.25) is 5.91 Å². The normalized spacial score (nSPS) is 10.4. The van der Waals surface area contributed by atoms with Crippen molar-refractivity contribution in [3.63, 3.8) is 0 Å². The van der Waals surface area contributed by atoms with Crippen LogP contribution in [0.5, 0.6) is 0 Å². The zero-order valence-corrected chi connectivity index (χ0v) is 13.8. The topological polar surface area (TPSA) is 93.7 Å². The SMILES string of the molecule is CCOC(=O)/C=C/C(=O)Nc1cccc(C(=O)NCCCOC)c1. The highest BCUT2D eigenvalue weighted by molar-refractivity contribution is 6.03. The molecule has 2 amide bonds.